The molecule has 0 atom stereocenters. The van der Waals surface area contributed by atoms with E-state index in [4.69, 9.17) is 4.98 Å². The first-order valence-corrected chi connectivity index (χ1v) is 13.5. The number of nitrogens with zero attached hydrogens (tertiary/aromatic N) is 5. The van der Waals surface area contributed by atoms with Gasteiger partial charge in [-0.05, 0) is 41.7 Å². The average molecular weight is 486 g/mol. The lowest BCUT2D eigenvalue weighted by molar-refractivity contribution is 0.182. The second-order valence-electron chi connectivity index (χ2n) is 10.6. The fourth-order valence-corrected chi connectivity index (χ4v) is 5.40. The molecule has 9 heteroatoms. The molecule has 2 aromatic heterocycles. The SMILES string of the molecule is Cc1ccc(CN2CCN(S(C)(=O)=O)CC2)cc1-c1ccc2c(n1)n(C)c(=O)n2CC(C)(C)C. The lowest BCUT2D eigenvalue weighted by Gasteiger charge is -2.33. The molecule has 34 heavy (non-hydrogen) atoms. The summed E-state index contributed by atoms with van der Waals surface area (Å²) in [6.07, 6.45) is 1.27. The summed E-state index contributed by atoms with van der Waals surface area (Å²) in [5, 5.41) is 0. The second kappa shape index (κ2) is 8.94. The summed E-state index contributed by atoms with van der Waals surface area (Å²) in [7, 11) is -1.35. The van der Waals surface area contributed by atoms with E-state index in [1.165, 1.54) is 6.26 Å². The van der Waals surface area contributed by atoms with E-state index in [0.29, 0.717) is 38.4 Å². The predicted molar refractivity (Wildman–Crippen MR) is 136 cm³/mol. The molecule has 1 aliphatic heterocycles. The van der Waals surface area contributed by atoms with Gasteiger partial charge in [-0.25, -0.2) is 18.2 Å². The third-order valence-electron chi connectivity index (χ3n) is 6.40. The van der Waals surface area contributed by atoms with Crippen molar-refractivity contribution in [3.63, 3.8) is 0 Å². The van der Waals surface area contributed by atoms with Gasteiger partial charge < -0.3 is 0 Å². The summed E-state index contributed by atoms with van der Waals surface area (Å²) in [6, 6.07) is 10.4. The van der Waals surface area contributed by atoms with E-state index in [9.17, 15) is 13.2 Å². The van der Waals surface area contributed by atoms with Crippen LogP contribution in [0.3, 0.4) is 0 Å². The van der Waals surface area contributed by atoms with Crippen molar-refractivity contribution >= 4 is 21.2 Å². The second-order valence-corrected chi connectivity index (χ2v) is 12.6. The predicted octanol–water partition coefficient (Wildman–Crippen LogP) is 2.83. The molecular weight excluding hydrogens is 450 g/mol. The van der Waals surface area contributed by atoms with Gasteiger partial charge in [0.15, 0.2) is 5.65 Å². The van der Waals surface area contributed by atoms with E-state index in [1.54, 1.807) is 15.9 Å². The molecule has 0 spiro atoms. The Labute approximate surface area is 201 Å². The van der Waals surface area contributed by atoms with Gasteiger partial charge in [-0.3, -0.25) is 14.0 Å². The molecule has 1 aliphatic rings. The quantitative estimate of drug-likeness (QED) is 0.555. The summed E-state index contributed by atoms with van der Waals surface area (Å²) >= 11 is 0. The molecular formula is C25H35N5O3S. The standard InChI is InChI=1S/C25H35N5O3S/c1-18-7-8-19(16-28-11-13-29(14-12-28)34(6,32)33)15-20(18)21-9-10-22-23(26-21)27(5)24(31)30(22)17-25(2,3)4/h7-10,15H,11-14,16-17H2,1-6H3. The van der Waals surface area contributed by atoms with E-state index < -0.39 is 10.0 Å². The number of hydrogen-bond donors (Lipinski definition) is 0. The number of fused-ring (bicyclic) bond motifs is 1. The fourth-order valence-electron chi connectivity index (χ4n) is 4.57. The number of rotatable bonds is 5. The Morgan fingerprint density at radius 1 is 1.03 bits per heavy atom. The third-order valence-corrected chi connectivity index (χ3v) is 7.70. The molecule has 0 aliphatic carbocycles. The van der Waals surface area contributed by atoms with Crippen LogP contribution in [0, 0.1) is 12.3 Å². The third kappa shape index (κ3) is 5.11. The molecule has 184 valence electrons. The van der Waals surface area contributed by atoms with Gasteiger partial charge in [0.2, 0.25) is 10.0 Å². The normalized spacial score (nSPS) is 16.4. The highest BCUT2D eigenvalue weighted by molar-refractivity contribution is 7.88. The van der Waals surface area contributed by atoms with Crippen molar-refractivity contribution in [2.45, 2.75) is 40.8 Å². The number of hydrogen-bond acceptors (Lipinski definition) is 5. The van der Waals surface area contributed by atoms with Crippen molar-refractivity contribution in [1.82, 2.24) is 23.3 Å². The van der Waals surface area contributed by atoms with Crippen molar-refractivity contribution in [3.8, 4) is 11.3 Å². The topological polar surface area (TPSA) is 80.4 Å². The zero-order chi connectivity index (χ0) is 24.8. The molecule has 8 nitrogen and oxygen atoms in total. The molecule has 1 aromatic carbocycles. The van der Waals surface area contributed by atoms with E-state index in [2.05, 4.69) is 50.8 Å². The molecule has 0 N–H and O–H groups in total. The van der Waals surface area contributed by atoms with Crippen LogP contribution in [0.15, 0.2) is 35.1 Å². The van der Waals surface area contributed by atoms with Crippen molar-refractivity contribution in [1.29, 1.82) is 0 Å². The zero-order valence-corrected chi connectivity index (χ0v) is 21.8. The fraction of sp³-hybridized carbons (Fsp3) is 0.520. The van der Waals surface area contributed by atoms with Crippen LogP contribution in [-0.2, 0) is 30.2 Å². The minimum Gasteiger partial charge on any atom is -0.296 e. The van der Waals surface area contributed by atoms with Crippen LogP contribution in [0.1, 0.15) is 31.9 Å². The van der Waals surface area contributed by atoms with Crippen molar-refractivity contribution < 1.29 is 8.42 Å². The number of piperazine rings is 1. The maximum atomic E-state index is 12.9. The van der Waals surface area contributed by atoms with Gasteiger partial charge in [-0.1, -0.05) is 32.9 Å². The van der Waals surface area contributed by atoms with Gasteiger partial charge in [-0.15, -0.1) is 0 Å². The number of sulfonamides is 1. The van der Waals surface area contributed by atoms with Crippen LogP contribution in [0.2, 0.25) is 0 Å². The summed E-state index contributed by atoms with van der Waals surface area (Å²) < 4.78 is 28.5. The Balaban J connectivity index is 1.61. The lowest BCUT2D eigenvalue weighted by Crippen LogP contribution is -2.47. The Kier molecular flexibility index (Phi) is 6.48. The molecule has 0 saturated carbocycles. The Morgan fingerprint density at radius 3 is 2.32 bits per heavy atom. The van der Waals surface area contributed by atoms with Gasteiger partial charge in [0.05, 0.1) is 17.5 Å². The zero-order valence-electron chi connectivity index (χ0n) is 21.0. The molecule has 1 saturated heterocycles. The molecule has 3 aromatic rings. The monoisotopic (exact) mass is 485 g/mol. The van der Waals surface area contributed by atoms with Gasteiger partial charge in [0, 0.05) is 51.9 Å². The molecule has 0 amide bonds. The number of pyridine rings is 1. The number of benzene rings is 1. The summed E-state index contributed by atoms with van der Waals surface area (Å²) in [4.78, 5) is 20.1. The average Bonchev–Trinajstić information content (AvgIpc) is 2.98. The van der Waals surface area contributed by atoms with E-state index >= 15 is 0 Å². The van der Waals surface area contributed by atoms with Gasteiger partial charge in [-0.2, -0.15) is 4.31 Å². The van der Waals surface area contributed by atoms with Crippen LogP contribution in [0.25, 0.3) is 22.4 Å². The van der Waals surface area contributed by atoms with Crippen molar-refractivity contribution in [2.75, 3.05) is 32.4 Å². The number of aromatic nitrogens is 3. The first-order chi connectivity index (χ1) is 15.8. The van der Waals surface area contributed by atoms with Crippen LogP contribution >= 0.6 is 0 Å². The lowest BCUT2D eigenvalue weighted by atomic mass is 9.97. The summed E-state index contributed by atoms with van der Waals surface area (Å²) in [5.41, 5.74) is 5.65. The molecule has 3 heterocycles. The highest BCUT2D eigenvalue weighted by Crippen LogP contribution is 2.27. The highest BCUT2D eigenvalue weighted by atomic mass is 32.2. The number of imidazole rings is 1. The summed E-state index contributed by atoms with van der Waals surface area (Å²) in [5.74, 6) is 0. The maximum absolute atomic E-state index is 12.9. The summed E-state index contributed by atoms with van der Waals surface area (Å²) in [6.45, 7) is 12.3. The van der Waals surface area contributed by atoms with Crippen LogP contribution < -0.4 is 5.69 Å². The highest BCUT2D eigenvalue weighted by Gasteiger charge is 2.24. The Bertz CT molecular complexity index is 1370. The number of aryl methyl sites for hydroxylation is 2. The first-order valence-electron chi connectivity index (χ1n) is 11.7. The molecule has 1 fully saturated rings. The van der Waals surface area contributed by atoms with Crippen molar-refractivity contribution in [2.24, 2.45) is 12.5 Å². The van der Waals surface area contributed by atoms with Gasteiger partial charge >= 0.3 is 5.69 Å². The van der Waals surface area contributed by atoms with Gasteiger partial charge in [0.1, 0.15) is 0 Å². The maximum Gasteiger partial charge on any atom is 0.330 e. The minimum atomic E-state index is -3.13. The van der Waals surface area contributed by atoms with E-state index in [-0.39, 0.29) is 11.1 Å². The Morgan fingerprint density at radius 2 is 1.71 bits per heavy atom. The molecule has 4 rings (SSSR count). The molecule has 0 radical (unpaired) electrons. The van der Waals surface area contributed by atoms with E-state index in [1.807, 2.05) is 16.7 Å². The van der Waals surface area contributed by atoms with Crippen LogP contribution in [-0.4, -0.2) is 64.2 Å². The smallest absolute Gasteiger partial charge is 0.296 e. The van der Waals surface area contributed by atoms with Gasteiger partial charge in [0.25, 0.3) is 0 Å². The minimum absolute atomic E-state index is 0.0193. The van der Waals surface area contributed by atoms with Crippen LogP contribution in [0.5, 0.6) is 0 Å². The van der Waals surface area contributed by atoms with E-state index in [0.717, 1.165) is 34.4 Å². The Hall–Kier alpha value is -2.49. The largest absolute Gasteiger partial charge is 0.330 e. The molecule has 0 unspecified atom stereocenters. The molecule has 0 bridgehead atoms. The van der Waals surface area contributed by atoms with Crippen molar-refractivity contribution in [3.05, 3.63) is 51.9 Å². The first kappa shape index (κ1) is 24.6. The van der Waals surface area contributed by atoms with Crippen LogP contribution in [0.4, 0.5) is 0 Å².